The molecule has 0 radical (unpaired) electrons. The summed E-state index contributed by atoms with van der Waals surface area (Å²) < 4.78 is 8.10. The van der Waals surface area contributed by atoms with Gasteiger partial charge in [-0.1, -0.05) is 12.1 Å². The molecule has 2 atom stereocenters. The van der Waals surface area contributed by atoms with Crippen molar-refractivity contribution in [3.8, 4) is 0 Å². The molecule has 1 N–H and O–H groups in total. The van der Waals surface area contributed by atoms with Gasteiger partial charge >= 0.3 is 0 Å². The van der Waals surface area contributed by atoms with Crippen LogP contribution < -0.4 is 5.32 Å². The number of nitrogens with zero attached hydrogens (tertiary/aromatic N) is 2. The predicted molar refractivity (Wildman–Crippen MR) is 85.5 cm³/mol. The second-order valence-corrected chi connectivity index (χ2v) is 5.82. The number of aromatic nitrogens is 2. The lowest BCUT2D eigenvalue weighted by molar-refractivity contribution is 0.0951. The van der Waals surface area contributed by atoms with Gasteiger partial charge in [0.25, 0.3) is 0 Å². The fourth-order valence-electron chi connectivity index (χ4n) is 3.31. The zero-order valence-corrected chi connectivity index (χ0v) is 13.0. The minimum Gasteiger partial charge on any atom is -0.378 e. The summed E-state index contributed by atoms with van der Waals surface area (Å²) in [7, 11) is 2.04. The number of fused-ring (bicyclic) bond motifs is 1. The van der Waals surface area contributed by atoms with Crippen LogP contribution >= 0.6 is 0 Å². The Kier molecular flexibility index (Phi) is 4.56. The number of nitrogens with one attached hydrogen (secondary N) is 1. The fraction of sp³-hybridized carbons (Fsp3) is 0.588. The van der Waals surface area contributed by atoms with Gasteiger partial charge in [0, 0.05) is 25.6 Å². The molecule has 1 aromatic heterocycles. The molecule has 0 amide bonds. The number of hydrogen-bond donors (Lipinski definition) is 1. The highest BCUT2D eigenvalue weighted by Crippen LogP contribution is 2.21. The average Bonchev–Trinajstić information content (AvgIpc) is 3.13. The molecule has 1 aliphatic heterocycles. The first-order valence-corrected chi connectivity index (χ1v) is 8.04. The van der Waals surface area contributed by atoms with E-state index < -0.39 is 0 Å². The van der Waals surface area contributed by atoms with Crippen LogP contribution in [0.4, 0.5) is 0 Å². The van der Waals surface area contributed by atoms with E-state index in [-0.39, 0.29) is 0 Å². The Morgan fingerprint density at radius 3 is 3.00 bits per heavy atom. The van der Waals surface area contributed by atoms with E-state index in [1.54, 1.807) is 0 Å². The van der Waals surface area contributed by atoms with Gasteiger partial charge in [0.05, 0.1) is 17.1 Å². The minimum absolute atomic E-state index is 0.418. The Balaban J connectivity index is 1.78. The number of benzene rings is 1. The number of ether oxygens (including phenoxy) is 1. The molecule has 3 rings (SSSR count). The standard InChI is InChI=1S/C17H25N3O/c1-3-20-16-9-5-4-8-15(16)19-17(20)12-13(18-2)11-14-7-6-10-21-14/h4-5,8-9,13-14,18H,3,6-7,10-12H2,1-2H3. The van der Waals surface area contributed by atoms with Crippen LogP contribution in [-0.4, -0.2) is 35.4 Å². The monoisotopic (exact) mass is 287 g/mol. The molecule has 0 spiro atoms. The smallest absolute Gasteiger partial charge is 0.111 e. The lowest BCUT2D eigenvalue weighted by atomic mass is 10.0. The molecule has 1 fully saturated rings. The van der Waals surface area contributed by atoms with Crippen LogP contribution in [0.15, 0.2) is 24.3 Å². The average molecular weight is 287 g/mol. The van der Waals surface area contributed by atoms with E-state index in [4.69, 9.17) is 9.72 Å². The highest BCUT2D eigenvalue weighted by Gasteiger charge is 2.22. The Morgan fingerprint density at radius 1 is 1.43 bits per heavy atom. The van der Waals surface area contributed by atoms with Crippen LogP contribution in [0.3, 0.4) is 0 Å². The molecular weight excluding hydrogens is 262 g/mol. The third-order valence-electron chi connectivity index (χ3n) is 4.46. The van der Waals surface area contributed by atoms with Gasteiger partial charge in [0.15, 0.2) is 0 Å². The first kappa shape index (κ1) is 14.5. The quantitative estimate of drug-likeness (QED) is 0.888. The number of para-hydroxylation sites is 2. The van der Waals surface area contributed by atoms with Crippen molar-refractivity contribution in [3.63, 3.8) is 0 Å². The normalized spacial score (nSPS) is 20.2. The van der Waals surface area contributed by atoms with Gasteiger partial charge in [-0.05, 0) is 45.4 Å². The van der Waals surface area contributed by atoms with Crippen LogP contribution in [0.5, 0.6) is 0 Å². The molecule has 0 bridgehead atoms. The summed E-state index contributed by atoms with van der Waals surface area (Å²) in [5, 5.41) is 3.44. The number of rotatable bonds is 6. The minimum atomic E-state index is 0.418. The summed E-state index contributed by atoms with van der Waals surface area (Å²) >= 11 is 0. The molecule has 1 aliphatic rings. The zero-order chi connectivity index (χ0) is 14.7. The van der Waals surface area contributed by atoms with E-state index in [9.17, 15) is 0 Å². The molecular formula is C17H25N3O. The van der Waals surface area contributed by atoms with Crippen LogP contribution in [-0.2, 0) is 17.7 Å². The van der Waals surface area contributed by atoms with Gasteiger partial charge in [-0.3, -0.25) is 0 Å². The summed E-state index contributed by atoms with van der Waals surface area (Å²) in [6.45, 7) is 4.08. The predicted octanol–water partition coefficient (Wildman–Crippen LogP) is 2.76. The molecule has 114 valence electrons. The summed E-state index contributed by atoms with van der Waals surface area (Å²) in [6, 6.07) is 8.82. The molecule has 0 aliphatic carbocycles. The van der Waals surface area contributed by atoms with E-state index in [2.05, 4.69) is 41.1 Å². The van der Waals surface area contributed by atoms with Crippen molar-refractivity contribution in [1.29, 1.82) is 0 Å². The van der Waals surface area contributed by atoms with E-state index >= 15 is 0 Å². The van der Waals surface area contributed by atoms with Crippen molar-refractivity contribution < 1.29 is 4.74 Å². The van der Waals surface area contributed by atoms with Crippen molar-refractivity contribution >= 4 is 11.0 Å². The molecule has 2 unspecified atom stereocenters. The van der Waals surface area contributed by atoms with Gasteiger partial charge in [-0.2, -0.15) is 0 Å². The lowest BCUT2D eigenvalue weighted by Crippen LogP contribution is -2.32. The molecule has 0 saturated carbocycles. The van der Waals surface area contributed by atoms with Crippen molar-refractivity contribution in [2.75, 3.05) is 13.7 Å². The van der Waals surface area contributed by atoms with Crippen LogP contribution in [0, 0.1) is 0 Å². The molecule has 2 aromatic rings. The third kappa shape index (κ3) is 3.11. The SMILES string of the molecule is CCn1c(CC(CC2CCCO2)NC)nc2ccccc21. The Bertz CT molecular complexity index is 587. The number of aryl methyl sites for hydroxylation is 1. The van der Waals surface area contributed by atoms with Gasteiger partial charge in [-0.15, -0.1) is 0 Å². The van der Waals surface area contributed by atoms with E-state index in [0.29, 0.717) is 12.1 Å². The summed E-state index contributed by atoms with van der Waals surface area (Å²) in [4.78, 5) is 4.83. The Hall–Kier alpha value is -1.39. The van der Waals surface area contributed by atoms with Gasteiger partial charge in [0.2, 0.25) is 0 Å². The number of hydrogen-bond acceptors (Lipinski definition) is 3. The zero-order valence-electron chi connectivity index (χ0n) is 13.0. The molecule has 1 aromatic carbocycles. The van der Waals surface area contributed by atoms with Gasteiger partial charge < -0.3 is 14.6 Å². The van der Waals surface area contributed by atoms with Crippen molar-refractivity contribution in [1.82, 2.24) is 14.9 Å². The maximum atomic E-state index is 5.77. The molecule has 4 heteroatoms. The molecule has 2 heterocycles. The van der Waals surface area contributed by atoms with Crippen molar-refractivity contribution in [3.05, 3.63) is 30.1 Å². The maximum Gasteiger partial charge on any atom is 0.111 e. The van der Waals surface area contributed by atoms with Crippen LogP contribution in [0.2, 0.25) is 0 Å². The molecule has 21 heavy (non-hydrogen) atoms. The third-order valence-corrected chi connectivity index (χ3v) is 4.46. The Labute approximate surface area is 126 Å². The van der Waals surface area contributed by atoms with E-state index in [0.717, 1.165) is 31.5 Å². The van der Waals surface area contributed by atoms with Crippen molar-refractivity contribution in [2.24, 2.45) is 0 Å². The first-order chi connectivity index (χ1) is 10.3. The highest BCUT2D eigenvalue weighted by molar-refractivity contribution is 5.75. The molecule has 1 saturated heterocycles. The number of likely N-dealkylation sites (N-methyl/N-ethyl adjacent to an activating group) is 1. The number of imidazole rings is 1. The summed E-state index contributed by atoms with van der Waals surface area (Å²) in [6.07, 6.45) is 4.85. The largest absolute Gasteiger partial charge is 0.378 e. The second-order valence-electron chi connectivity index (χ2n) is 5.82. The van der Waals surface area contributed by atoms with Gasteiger partial charge in [-0.25, -0.2) is 4.98 Å². The van der Waals surface area contributed by atoms with Crippen LogP contribution in [0.25, 0.3) is 11.0 Å². The first-order valence-electron chi connectivity index (χ1n) is 8.04. The fourth-order valence-corrected chi connectivity index (χ4v) is 3.31. The maximum absolute atomic E-state index is 5.77. The van der Waals surface area contributed by atoms with Crippen LogP contribution in [0.1, 0.15) is 32.0 Å². The summed E-state index contributed by atoms with van der Waals surface area (Å²) in [5.41, 5.74) is 2.34. The topological polar surface area (TPSA) is 39.1 Å². The Morgan fingerprint density at radius 2 is 2.29 bits per heavy atom. The second kappa shape index (κ2) is 6.58. The van der Waals surface area contributed by atoms with Gasteiger partial charge in [0.1, 0.15) is 5.82 Å². The van der Waals surface area contributed by atoms with E-state index in [1.165, 1.54) is 24.2 Å². The highest BCUT2D eigenvalue weighted by atomic mass is 16.5. The van der Waals surface area contributed by atoms with E-state index in [1.807, 2.05) is 7.05 Å². The van der Waals surface area contributed by atoms with Crippen molar-refractivity contribution in [2.45, 2.75) is 51.3 Å². The summed E-state index contributed by atoms with van der Waals surface area (Å²) in [5.74, 6) is 1.18. The lowest BCUT2D eigenvalue weighted by Gasteiger charge is -2.20. The molecule has 4 nitrogen and oxygen atoms in total.